The molecule has 0 amide bonds. The van der Waals surface area contributed by atoms with Gasteiger partial charge in [-0.2, -0.15) is 5.26 Å². The maximum atomic E-state index is 8.92. The summed E-state index contributed by atoms with van der Waals surface area (Å²) < 4.78 is 10.9. The molecule has 4 nitrogen and oxygen atoms in total. The first-order valence-corrected chi connectivity index (χ1v) is 6.69. The van der Waals surface area contributed by atoms with Crippen LogP contribution in [0.5, 0.6) is 11.5 Å². The van der Waals surface area contributed by atoms with Crippen molar-refractivity contribution in [3.8, 4) is 17.6 Å². The van der Waals surface area contributed by atoms with E-state index < -0.39 is 6.10 Å². The summed E-state index contributed by atoms with van der Waals surface area (Å²) >= 11 is 0. The molecule has 0 aliphatic carbocycles. The zero-order chi connectivity index (χ0) is 14.1. The summed E-state index contributed by atoms with van der Waals surface area (Å²) in [6.45, 7) is 5.85. The fourth-order valence-corrected chi connectivity index (χ4v) is 1.68. The topological polar surface area (TPSA) is 54.3 Å². The summed E-state index contributed by atoms with van der Waals surface area (Å²) in [5.74, 6) is 1.29. The van der Waals surface area contributed by atoms with Crippen molar-refractivity contribution in [2.45, 2.75) is 39.3 Å². The molecule has 1 aromatic rings. The van der Waals surface area contributed by atoms with E-state index in [9.17, 15) is 0 Å². The van der Waals surface area contributed by atoms with Crippen molar-refractivity contribution in [2.24, 2.45) is 0 Å². The number of nitrogens with zero attached hydrogens (tertiary/aromatic N) is 1. The minimum Gasteiger partial charge on any atom is -0.493 e. The third-order valence-corrected chi connectivity index (χ3v) is 2.77. The predicted octanol–water partition coefficient (Wildman–Crippen LogP) is 2.88. The molecule has 0 saturated heterocycles. The highest BCUT2D eigenvalue weighted by Gasteiger charge is 2.11. The largest absolute Gasteiger partial charge is 0.493 e. The third kappa shape index (κ3) is 4.80. The lowest BCUT2D eigenvalue weighted by molar-refractivity contribution is 0.239. The van der Waals surface area contributed by atoms with Gasteiger partial charge in [0.05, 0.1) is 7.11 Å². The van der Waals surface area contributed by atoms with Gasteiger partial charge in [-0.25, -0.2) is 0 Å². The lowest BCUT2D eigenvalue weighted by Crippen LogP contribution is -2.15. The number of hydrogen-bond donors (Lipinski definition) is 1. The van der Waals surface area contributed by atoms with Gasteiger partial charge >= 0.3 is 0 Å². The van der Waals surface area contributed by atoms with Crippen LogP contribution >= 0.6 is 0 Å². The highest BCUT2D eigenvalue weighted by molar-refractivity contribution is 5.43. The lowest BCUT2D eigenvalue weighted by atomic mass is 10.2. The second-order valence-electron chi connectivity index (χ2n) is 4.31. The van der Waals surface area contributed by atoms with Gasteiger partial charge in [0.2, 0.25) is 0 Å². The monoisotopic (exact) mass is 262 g/mol. The Balaban J connectivity index is 2.75. The van der Waals surface area contributed by atoms with E-state index in [0.29, 0.717) is 17.9 Å². The molecule has 1 N–H and O–H groups in total. The van der Waals surface area contributed by atoms with Crippen molar-refractivity contribution in [1.82, 2.24) is 5.32 Å². The van der Waals surface area contributed by atoms with Crippen molar-refractivity contribution >= 4 is 0 Å². The van der Waals surface area contributed by atoms with Gasteiger partial charge in [0.15, 0.2) is 17.6 Å². The Bertz CT molecular complexity index is 427. The molecule has 19 heavy (non-hydrogen) atoms. The molecule has 1 atom stereocenters. The van der Waals surface area contributed by atoms with Crippen LogP contribution in [0.15, 0.2) is 18.2 Å². The molecule has 1 aromatic carbocycles. The van der Waals surface area contributed by atoms with E-state index in [1.165, 1.54) is 0 Å². The van der Waals surface area contributed by atoms with Crippen LogP contribution in [0.4, 0.5) is 0 Å². The van der Waals surface area contributed by atoms with E-state index in [1.807, 2.05) is 25.1 Å². The van der Waals surface area contributed by atoms with E-state index in [-0.39, 0.29) is 0 Å². The smallest absolute Gasteiger partial charge is 0.184 e. The molecule has 0 radical (unpaired) electrons. The van der Waals surface area contributed by atoms with Crippen LogP contribution in [-0.2, 0) is 6.54 Å². The predicted molar refractivity (Wildman–Crippen MR) is 75.3 cm³/mol. The zero-order valence-corrected chi connectivity index (χ0v) is 11.9. The second-order valence-corrected chi connectivity index (χ2v) is 4.31. The molecule has 1 rings (SSSR count). The second kappa shape index (κ2) is 8.39. The lowest BCUT2D eigenvalue weighted by Gasteiger charge is -2.15. The van der Waals surface area contributed by atoms with Gasteiger partial charge in [0.25, 0.3) is 0 Å². The van der Waals surface area contributed by atoms with Crippen LogP contribution < -0.4 is 14.8 Å². The summed E-state index contributed by atoms with van der Waals surface area (Å²) in [4.78, 5) is 0. The quantitative estimate of drug-likeness (QED) is 0.732. The average molecular weight is 262 g/mol. The fourth-order valence-electron chi connectivity index (χ4n) is 1.68. The molecule has 0 heterocycles. The highest BCUT2D eigenvalue weighted by atomic mass is 16.5. The molecule has 4 heteroatoms. The normalized spacial score (nSPS) is 11.7. The highest BCUT2D eigenvalue weighted by Crippen LogP contribution is 2.29. The van der Waals surface area contributed by atoms with Gasteiger partial charge in [-0.15, -0.1) is 0 Å². The van der Waals surface area contributed by atoms with Gasteiger partial charge in [0.1, 0.15) is 6.07 Å². The summed E-state index contributed by atoms with van der Waals surface area (Å²) in [6.07, 6.45) is 1.33. The summed E-state index contributed by atoms with van der Waals surface area (Å²) in [7, 11) is 1.61. The van der Waals surface area contributed by atoms with Gasteiger partial charge < -0.3 is 14.8 Å². The van der Waals surface area contributed by atoms with Crippen LogP contribution in [-0.4, -0.2) is 19.8 Å². The number of methoxy groups -OCH3 is 1. The standard InChI is InChI=1S/C15H22N2O2/c1-4-8-17-11-12-6-7-14(15(9-12)18-3)19-13(5-2)10-16/h6-7,9,13,17H,4-5,8,11H2,1-3H3. The van der Waals surface area contributed by atoms with Gasteiger partial charge in [-0.05, 0) is 37.1 Å². The maximum Gasteiger partial charge on any atom is 0.184 e. The minimum atomic E-state index is -0.432. The number of benzene rings is 1. The van der Waals surface area contributed by atoms with E-state index in [1.54, 1.807) is 7.11 Å². The summed E-state index contributed by atoms with van der Waals surface area (Å²) in [6, 6.07) is 7.92. The first-order chi connectivity index (χ1) is 9.24. The Labute approximate surface area is 115 Å². The molecule has 0 spiro atoms. The van der Waals surface area contributed by atoms with Crippen molar-refractivity contribution in [3.63, 3.8) is 0 Å². The van der Waals surface area contributed by atoms with E-state index in [0.717, 1.165) is 25.1 Å². The van der Waals surface area contributed by atoms with Crippen LogP contribution in [0.3, 0.4) is 0 Å². The number of hydrogen-bond acceptors (Lipinski definition) is 4. The molecular formula is C15H22N2O2. The zero-order valence-electron chi connectivity index (χ0n) is 11.9. The van der Waals surface area contributed by atoms with Crippen molar-refractivity contribution in [2.75, 3.05) is 13.7 Å². The van der Waals surface area contributed by atoms with E-state index >= 15 is 0 Å². The van der Waals surface area contributed by atoms with Crippen LogP contribution in [0.1, 0.15) is 32.3 Å². The molecule has 0 aromatic heterocycles. The first kappa shape index (κ1) is 15.3. The van der Waals surface area contributed by atoms with E-state index in [4.69, 9.17) is 14.7 Å². The maximum absolute atomic E-state index is 8.92. The molecule has 0 bridgehead atoms. The number of nitriles is 1. The molecule has 104 valence electrons. The Hall–Kier alpha value is -1.73. The number of nitrogens with one attached hydrogen (secondary N) is 1. The molecule has 0 aliphatic heterocycles. The fraction of sp³-hybridized carbons (Fsp3) is 0.533. The Morgan fingerprint density at radius 2 is 2.11 bits per heavy atom. The van der Waals surface area contributed by atoms with Crippen LogP contribution in [0.25, 0.3) is 0 Å². The molecule has 1 unspecified atom stereocenters. The van der Waals surface area contributed by atoms with Gasteiger partial charge in [-0.1, -0.05) is 19.9 Å². The van der Waals surface area contributed by atoms with E-state index in [2.05, 4.69) is 18.3 Å². The van der Waals surface area contributed by atoms with Gasteiger partial charge in [0, 0.05) is 6.54 Å². The Morgan fingerprint density at radius 3 is 2.68 bits per heavy atom. The van der Waals surface area contributed by atoms with Crippen LogP contribution in [0, 0.1) is 11.3 Å². The molecule has 0 aliphatic rings. The third-order valence-electron chi connectivity index (χ3n) is 2.77. The minimum absolute atomic E-state index is 0.432. The molecule has 0 fully saturated rings. The van der Waals surface area contributed by atoms with Crippen molar-refractivity contribution < 1.29 is 9.47 Å². The summed E-state index contributed by atoms with van der Waals surface area (Å²) in [5, 5.41) is 12.3. The Kier molecular flexibility index (Phi) is 6.76. The van der Waals surface area contributed by atoms with Crippen molar-refractivity contribution in [1.29, 1.82) is 5.26 Å². The Morgan fingerprint density at radius 1 is 1.32 bits per heavy atom. The average Bonchev–Trinajstić information content (AvgIpc) is 2.45. The van der Waals surface area contributed by atoms with Gasteiger partial charge in [-0.3, -0.25) is 0 Å². The van der Waals surface area contributed by atoms with Crippen molar-refractivity contribution in [3.05, 3.63) is 23.8 Å². The number of ether oxygens (including phenoxy) is 2. The first-order valence-electron chi connectivity index (χ1n) is 6.69. The number of rotatable bonds is 8. The molecule has 0 saturated carbocycles. The van der Waals surface area contributed by atoms with Crippen LogP contribution in [0.2, 0.25) is 0 Å². The molecular weight excluding hydrogens is 240 g/mol. The summed E-state index contributed by atoms with van der Waals surface area (Å²) in [5.41, 5.74) is 1.14. The SMILES string of the molecule is CCCNCc1ccc(OC(C#N)CC)c(OC)c1.